The number of likely N-dealkylation sites (tertiary alicyclic amines) is 8. The minimum absolute atomic E-state index is 0. The van der Waals surface area contributed by atoms with Gasteiger partial charge in [-0.25, -0.2) is 9.59 Å². The summed E-state index contributed by atoms with van der Waals surface area (Å²) in [5, 5.41) is 0. The van der Waals surface area contributed by atoms with E-state index >= 15 is 0 Å². The number of carbonyl (C=O) groups excluding carboxylic acids is 4. The highest BCUT2D eigenvalue weighted by atomic mass is 16.6. The van der Waals surface area contributed by atoms with Crippen LogP contribution in [0.3, 0.4) is 0 Å². The molecule has 4 amide bonds. The number of piperidine rings is 8. The van der Waals surface area contributed by atoms with Crippen molar-refractivity contribution in [2.24, 2.45) is 41.4 Å². The van der Waals surface area contributed by atoms with Crippen molar-refractivity contribution in [1.82, 2.24) is 39.2 Å². The molecule has 87 heavy (non-hydrogen) atoms. The Bertz CT molecular complexity index is 1630. The van der Waals surface area contributed by atoms with E-state index in [4.69, 9.17) is 9.47 Å². The minimum atomic E-state index is -0.375. The van der Waals surface area contributed by atoms with Crippen molar-refractivity contribution in [3.05, 3.63) is 0 Å². The highest BCUT2D eigenvalue weighted by molar-refractivity contribution is 5.74. The monoisotopic (exact) mass is 1240 g/mol. The van der Waals surface area contributed by atoms with E-state index in [-0.39, 0.29) is 44.5 Å². The summed E-state index contributed by atoms with van der Waals surface area (Å²) in [4.78, 5) is 61.8. The van der Waals surface area contributed by atoms with Gasteiger partial charge in [-0.1, -0.05) is 102 Å². The molecule has 0 spiro atoms. The van der Waals surface area contributed by atoms with Crippen molar-refractivity contribution >= 4 is 24.0 Å². The zero-order valence-electron chi connectivity index (χ0n) is 59.6. The molecule has 1 aliphatic carbocycles. The van der Waals surface area contributed by atoms with Crippen LogP contribution in [0.1, 0.15) is 266 Å². The number of amides is 4. The molecular weight excluding hydrogens is 1080 g/mol. The van der Waals surface area contributed by atoms with Gasteiger partial charge in [0.25, 0.3) is 0 Å². The summed E-state index contributed by atoms with van der Waals surface area (Å²) in [7, 11) is 8.82. The highest BCUT2D eigenvalue weighted by Gasteiger charge is 2.26. The van der Waals surface area contributed by atoms with Gasteiger partial charge in [0, 0.05) is 84.8 Å². The third-order valence-electron chi connectivity index (χ3n) is 18.8. The lowest BCUT2D eigenvalue weighted by molar-refractivity contribution is -0.132. The number of carbonyl (C=O) groups is 4. The molecule has 14 nitrogen and oxygen atoms in total. The standard InChI is InChI=1S/C11H21NO2.C9H17NO2.2C8H15NO.4C7H15N.C7H14.2CH4/c1-9-5-7-12(8-6-9)10(13)14-11(2,3)4;1-3-12-9(11)10-6-4-8(2)5-7-10;1-7-4-3-5-9(6-7)8(2)10;1-7-5-3-4-6-9(7)8(2)10;1-7-3-5-8(2)6-4-7;2*1-7-4-3-5-8(2)6-7;1-7-5-3-4-6-8(7)2;1-7-5-3-2-4-6-7;;/h9H,5-8H2,1-4H3;8H,3-7H2,1-2H3;2*7H,3-6H2,1-2H3;4*7H,3-6H2,1-2H3;7H,2-6H2,1H3;2*1H4. The van der Waals surface area contributed by atoms with E-state index in [2.05, 4.69) is 110 Å². The largest absolute Gasteiger partial charge is 0.450 e. The van der Waals surface area contributed by atoms with Crippen LogP contribution in [-0.2, 0) is 19.1 Å². The van der Waals surface area contributed by atoms with Gasteiger partial charge in [-0.3, -0.25) is 9.59 Å². The topological polar surface area (TPSA) is 113 Å². The maximum atomic E-state index is 11.6. The summed E-state index contributed by atoms with van der Waals surface area (Å²) < 4.78 is 10.2. The Morgan fingerprint density at radius 1 is 0.368 bits per heavy atom. The van der Waals surface area contributed by atoms with E-state index in [1.807, 2.05) is 42.4 Å². The second-order valence-electron chi connectivity index (χ2n) is 29.4. The molecule has 8 heterocycles. The van der Waals surface area contributed by atoms with E-state index in [1.165, 1.54) is 168 Å². The maximum absolute atomic E-state index is 11.6. The molecule has 518 valence electrons. The molecule has 9 aliphatic rings. The molecule has 0 aromatic carbocycles. The molecule has 0 N–H and O–H groups in total. The van der Waals surface area contributed by atoms with Crippen LogP contribution in [-0.4, -0.2) is 207 Å². The summed E-state index contributed by atoms with van der Waals surface area (Å²) in [6.07, 6.45) is 30.4. The Morgan fingerprint density at radius 2 is 0.747 bits per heavy atom. The molecule has 0 aromatic heterocycles. The Labute approximate surface area is 541 Å². The van der Waals surface area contributed by atoms with Crippen molar-refractivity contribution in [1.29, 1.82) is 0 Å². The first-order chi connectivity index (χ1) is 40.1. The molecular formula is C73H150N8O6. The molecule has 1 saturated carbocycles. The lowest BCUT2D eigenvalue weighted by Crippen LogP contribution is -2.41. The summed E-state index contributed by atoms with van der Waals surface area (Å²) in [5.41, 5.74) is -0.375. The van der Waals surface area contributed by atoms with E-state index in [1.54, 1.807) is 18.7 Å². The van der Waals surface area contributed by atoms with E-state index in [0.717, 1.165) is 113 Å². The molecule has 8 aliphatic heterocycles. The molecule has 0 radical (unpaired) electrons. The van der Waals surface area contributed by atoms with Gasteiger partial charge in [-0.2, -0.15) is 0 Å². The average molecular weight is 1240 g/mol. The van der Waals surface area contributed by atoms with Crippen molar-refractivity contribution in [2.45, 2.75) is 284 Å². The van der Waals surface area contributed by atoms with Crippen molar-refractivity contribution < 1.29 is 28.7 Å². The van der Waals surface area contributed by atoms with Gasteiger partial charge in [-0.05, 0) is 253 Å². The fraction of sp³-hybridized carbons (Fsp3) is 0.945. The van der Waals surface area contributed by atoms with Crippen LogP contribution in [0, 0.1) is 41.4 Å². The van der Waals surface area contributed by atoms with Crippen molar-refractivity contribution in [3.63, 3.8) is 0 Å². The van der Waals surface area contributed by atoms with E-state index < -0.39 is 0 Å². The second-order valence-corrected chi connectivity index (χ2v) is 29.4. The number of ether oxygens (including phenoxy) is 2. The van der Waals surface area contributed by atoms with Crippen LogP contribution in [0.5, 0.6) is 0 Å². The Hall–Kier alpha value is -2.68. The van der Waals surface area contributed by atoms with E-state index in [9.17, 15) is 19.2 Å². The Morgan fingerprint density at radius 3 is 1.03 bits per heavy atom. The van der Waals surface area contributed by atoms with Crippen LogP contribution in [0.2, 0.25) is 0 Å². The first-order valence-corrected chi connectivity index (χ1v) is 35.3. The zero-order valence-corrected chi connectivity index (χ0v) is 59.6. The van der Waals surface area contributed by atoms with Gasteiger partial charge in [0.05, 0.1) is 6.61 Å². The number of rotatable bonds is 1. The Kier molecular flexibility index (Phi) is 49.6. The SMILES string of the molecule is C.C.CC(=O)N1CCCC(C)C1.CC(=O)N1CCCCC1C.CC1CCCCC1.CC1CCCCN1C.CC1CCCN(C)C1.CC1CCCN(C)C1.CC1CCN(C(=O)OC(C)(C)C)CC1.CC1CCN(C)CC1.CCOC(=O)N1CCC(C)CC1. The van der Waals surface area contributed by atoms with Crippen LogP contribution in [0.25, 0.3) is 0 Å². The number of hydrogen-bond donors (Lipinski definition) is 0. The van der Waals surface area contributed by atoms with Gasteiger partial charge in [0.1, 0.15) is 5.60 Å². The summed E-state index contributed by atoms with van der Waals surface area (Å²) in [5.74, 6) is 6.56. The van der Waals surface area contributed by atoms with Crippen LogP contribution in [0.15, 0.2) is 0 Å². The molecule has 0 aromatic rings. The van der Waals surface area contributed by atoms with Gasteiger partial charge >= 0.3 is 12.2 Å². The predicted octanol–water partition coefficient (Wildman–Crippen LogP) is 16.6. The van der Waals surface area contributed by atoms with Gasteiger partial charge < -0.3 is 48.7 Å². The maximum Gasteiger partial charge on any atom is 0.410 e. The quantitative estimate of drug-likeness (QED) is 0.252. The molecule has 9 fully saturated rings. The minimum Gasteiger partial charge on any atom is -0.450 e. The van der Waals surface area contributed by atoms with Crippen molar-refractivity contribution in [2.75, 3.05) is 126 Å². The molecule has 5 atom stereocenters. The number of nitrogens with zero attached hydrogens (tertiary/aromatic N) is 8. The summed E-state index contributed by atoms with van der Waals surface area (Å²) in [6.45, 7) is 47.2. The number of hydrogen-bond acceptors (Lipinski definition) is 10. The fourth-order valence-corrected chi connectivity index (χ4v) is 12.5. The first kappa shape index (κ1) is 86.4. The predicted molar refractivity (Wildman–Crippen MR) is 374 cm³/mol. The Balaban J connectivity index is 0. The molecule has 14 heteroatoms. The van der Waals surface area contributed by atoms with Gasteiger partial charge in [-0.15, -0.1) is 0 Å². The van der Waals surface area contributed by atoms with Crippen LogP contribution < -0.4 is 0 Å². The third kappa shape index (κ3) is 44.5. The molecule has 0 bridgehead atoms. The van der Waals surface area contributed by atoms with Crippen LogP contribution >= 0.6 is 0 Å². The smallest absolute Gasteiger partial charge is 0.410 e. The van der Waals surface area contributed by atoms with Crippen LogP contribution in [0.4, 0.5) is 9.59 Å². The van der Waals surface area contributed by atoms with Crippen molar-refractivity contribution in [3.8, 4) is 0 Å². The first-order valence-electron chi connectivity index (χ1n) is 35.3. The highest BCUT2D eigenvalue weighted by Crippen LogP contribution is 2.23. The molecule has 8 saturated heterocycles. The zero-order chi connectivity index (χ0) is 63.9. The average Bonchev–Trinajstić information content (AvgIpc) is 3.55. The van der Waals surface area contributed by atoms with E-state index in [0.29, 0.717) is 18.6 Å². The lowest BCUT2D eigenvalue weighted by atomic mass is 9.91. The normalized spacial score (nSPS) is 25.5. The van der Waals surface area contributed by atoms with Gasteiger partial charge in [0.2, 0.25) is 11.8 Å². The summed E-state index contributed by atoms with van der Waals surface area (Å²) in [6, 6.07) is 1.31. The van der Waals surface area contributed by atoms with Gasteiger partial charge in [0.15, 0.2) is 0 Å². The molecule has 9 rings (SSSR count). The summed E-state index contributed by atoms with van der Waals surface area (Å²) >= 11 is 0. The lowest BCUT2D eigenvalue weighted by Gasteiger charge is -2.32. The molecule has 5 unspecified atom stereocenters. The third-order valence-corrected chi connectivity index (χ3v) is 18.8. The second kappa shape index (κ2) is 49.9. The fourth-order valence-electron chi connectivity index (χ4n) is 12.5.